The van der Waals surface area contributed by atoms with E-state index in [2.05, 4.69) is 42.5 Å². The SMILES string of the molecule is C=C(CC)c1cn2c(n1)C(C1=CC=CCC1)CC2. The van der Waals surface area contributed by atoms with Crippen LogP contribution in [0.15, 0.2) is 36.6 Å². The summed E-state index contributed by atoms with van der Waals surface area (Å²) in [7, 11) is 0. The number of nitrogens with zero attached hydrogens (tertiary/aromatic N) is 2. The van der Waals surface area contributed by atoms with Gasteiger partial charge < -0.3 is 4.57 Å². The predicted molar refractivity (Wildman–Crippen MR) is 75.4 cm³/mol. The van der Waals surface area contributed by atoms with Gasteiger partial charge in [0.05, 0.1) is 5.69 Å². The summed E-state index contributed by atoms with van der Waals surface area (Å²) in [5.41, 5.74) is 3.79. The van der Waals surface area contributed by atoms with Crippen molar-refractivity contribution in [2.24, 2.45) is 0 Å². The van der Waals surface area contributed by atoms with Gasteiger partial charge in [-0.25, -0.2) is 4.98 Å². The van der Waals surface area contributed by atoms with E-state index < -0.39 is 0 Å². The van der Waals surface area contributed by atoms with Crippen molar-refractivity contribution in [2.45, 2.75) is 45.1 Å². The topological polar surface area (TPSA) is 17.8 Å². The molecule has 0 bridgehead atoms. The lowest BCUT2D eigenvalue weighted by Crippen LogP contribution is -2.02. The molecule has 18 heavy (non-hydrogen) atoms. The summed E-state index contributed by atoms with van der Waals surface area (Å²) < 4.78 is 2.32. The van der Waals surface area contributed by atoms with E-state index in [1.54, 1.807) is 5.57 Å². The summed E-state index contributed by atoms with van der Waals surface area (Å²) >= 11 is 0. The van der Waals surface area contributed by atoms with Crippen molar-refractivity contribution >= 4 is 5.57 Å². The van der Waals surface area contributed by atoms with Crippen molar-refractivity contribution in [3.05, 3.63) is 48.1 Å². The Bertz CT molecular complexity index is 531. The number of fused-ring (bicyclic) bond motifs is 1. The quantitative estimate of drug-likeness (QED) is 0.778. The molecule has 1 atom stereocenters. The normalized spacial score (nSPS) is 21.8. The maximum Gasteiger partial charge on any atom is 0.116 e. The van der Waals surface area contributed by atoms with E-state index in [-0.39, 0.29) is 0 Å². The Labute approximate surface area is 109 Å². The van der Waals surface area contributed by atoms with E-state index >= 15 is 0 Å². The molecule has 2 nitrogen and oxygen atoms in total. The van der Waals surface area contributed by atoms with Crippen molar-refractivity contribution < 1.29 is 0 Å². The highest BCUT2D eigenvalue weighted by Crippen LogP contribution is 2.37. The minimum atomic E-state index is 0.536. The zero-order valence-electron chi connectivity index (χ0n) is 11.0. The molecule has 94 valence electrons. The Kier molecular flexibility index (Phi) is 2.94. The van der Waals surface area contributed by atoms with Crippen LogP contribution in [0.5, 0.6) is 0 Å². The predicted octanol–water partition coefficient (Wildman–Crippen LogP) is 4.07. The van der Waals surface area contributed by atoms with Crippen LogP contribution in [-0.4, -0.2) is 9.55 Å². The van der Waals surface area contributed by atoms with Crippen molar-refractivity contribution in [1.82, 2.24) is 9.55 Å². The van der Waals surface area contributed by atoms with Crippen LogP contribution >= 0.6 is 0 Å². The summed E-state index contributed by atoms with van der Waals surface area (Å²) in [6, 6.07) is 0. The number of hydrogen-bond donors (Lipinski definition) is 0. The van der Waals surface area contributed by atoms with Crippen molar-refractivity contribution in [1.29, 1.82) is 0 Å². The van der Waals surface area contributed by atoms with Gasteiger partial charge in [-0.2, -0.15) is 0 Å². The van der Waals surface area contributed by atoms with Crippen LogP contribution < -0.4 is 0 Å². The van der Waals surface area contributed by atoms with Gasteiger partial charge in [0.15, 0.2) is 0 Å². The lowest BCUT2D eigenvalue weighted by molar-refractivity contribution is 0.689. The zero-order valence-corrected chi connectivity index (χ0v) is 11.0. The van der Waals surface area contributed by atoms with Crippen molar-refractivity contribution in [3.63, 3.8) is 0 Å². The fourth-order valence-corrected chi connectivity index (χ4v) is 2.90. The lowest BCUT2D eigenvalue weighted by atomic mass is 9.90. The molecule has 2 heteroatoms. The molecule has 0 radical (unpaired) electrons. The fourth-order valence-electron chi connectivity index (χ4n) is 2.90. The van der Waals surface area contributed by atoms with Crippen LogP contribution in [0.2, 0.25) is 0 Å². The Hall–Kier alpha value is -1.57. The van der Waals surface area contributed by atoms with Gasteiger partial charge in [0.25, 0.3) is 0 Å². The number of rotatable bonds is 3. The standard InChI is InChI=1S/C16H20N2/c1-3-12(2)15-11-18-10-9-14(16(18)17-15)13-7-5-4-6-8-13/h4-5,7,11,14H,2-3,6,8-10H2,1H3. The van der Waals surface area contributed by atoms with Crippen LogP contribution in [-0.2, 0) is 6.54 Å². The molecule has 0 saturated carbocycles. The minimum Gasteiger partial charge on any atom is -0.334 e. The first-order valence-corrected chi connectivity index (χ1v) is 6.90. The molecule has 0 amide bonds. The van der Waals surface area contributed by atoms with Gasteiger partial charge in [-0.05, 0) is 31.3 Å². The first-order chi connectivity index (χ1) is 8.79. The minimum absolute atomic E-state index is 0.536. The molecule has 1 aromatic rings. The third kappa shape index (κ3) is 1.86. The summed E-state index contributed by atoms with van der Waals surface area (Å²) in [6.45, 7) is 7.33. The highest BCUT2D eigenvalue weighted by molar-refractivity contribution is 5.59. The van der Waals surface area contributed by atoms with E-state index in [4.69, 9.17) is 4.98 Å². The molecule has 2 aliphatic rings. The molecule has 0 N–H and O–H groups in total. The molecule has 0 spiro atoms. The van der Waals surface area contributed by atoms with Gasteiger partial charge in [0.2, 0.25) is 0 Å². The average molecular weight is 240 g/mol. The highest BCUT2D eigenvalue weighted by atomic mass is 15.1. The van der Waals surface area contributed by atoms with Crippen LogP contribution in [0.25, 0.3) is 5.57 Å². The van der Waals surface area contributed by atoms with Crippen molar-refractivity contribution in [2.75, 3.05) is 0 Å². The Balaban J connectivity index is 1.91. The van der Waals surface area contributed by atoms with Crippen LogP contribution in [0, 0.1) is 0 Å². The van der Waals surface area contributed by atoms with Crippen molar-refractivity contribution in [3.8, 4) is 0 Å². The molecule has 0 saturated heterocycles. The fraction of sp³-hybridized carbons (Fsp3) is 0.438. The van der Waals surface area contributed by atoms with Crippen LogP contribution in [0.4, 0.5) is 0 Å². The highest BCUT2D eigenvalue weighted by Gasteiger charge is 2.28. The average Bonchev–Trinajstić information content (AvgIpc) is 2.98. The molecule has 0 fully saturated rings. The molecule has 1 aromatic heterocycles. The second kappa shape index (κ2) is 4.60. The lowest BCUT2D eigenvalue weighted by Gasteiger charge is -2.15. The summed E-state index contributed by atoms with van der Waals surface area (Å²) in [5, 5.41) is 0. The Morgan fingerprint density at radius 3 is 3.17 bits per heavy atom. The van der Waals surface area contributed by atoms with E-state index in [0.717, 1.165) is 24.2 Å². The van der Waals surface area contributed by atoms with E-state index in [1.165, 1.54) is 25.1 Å². The van der Waals surface area contributed by atoms with Gasteiger partial charge >= 0.3 is 0 Å². The number of imidazole rings is 1. The molecule has 1 aliphatic carbocycles. The Morgan fingerprint density at radius 2 is 2.44 bits per heavy atom. The largest absolute Gasteiger partial charge is 0.334 e. The van der Waals surface area contributed by atoms with Crippen LogP contribution in [0.1, 0.15) is 50.0 Å². The van der Waals surface area contributed by atoms with Gasteiger partial charge in [0, 0.05) is 18.7 Å². The maximum absolute atomic E-state index is 4.82. The molecule has 3 rings (SSSR count). The number of hydrogen-bond acceptors (Lipinski definition) is 1. The second-order valence-corrected chi connectivity index (χ2v) is 5.18. The third-order valence-corrected chi connectivity index (χ3v) is 4.06. The molecular formula is C16H20N2. The number of aromatic nitrogens is 2. The molecule has 0 aromatic carbocycles. The first-order valence-electron chi connectivity index (χ1n) is 6.90. The summed E-state index contributed by atoms with van der Waals surface area (Å²) in [6.07, 6.45) is 13.5. The second-order valence-electron chi connectivity index (χ2n) is 5.18. The van der Waals surface area contributed by atoms with E-state index in [9.17, 15) is 0 Å². The molecule has 2 heterocycles. The van der Waals surface area contributed by atoms with Gasteiger partial charge in [0.1, 0.15) is 5.82 Å². The van der Waals surface area contributed by atoms with Gasteiger partial charge in [-0.3, -0.25) is 0 Å². The summed E-state index contributed by atoms with van der Waals surface area (Å²) in [4.78, 5) is 4.82. The molecular weight excluding hydrogens is 220 g/mol. The van der Waals surface area contributed by atoms with E-state index in [1.807, 2.05) is 0 Å². The summed E-state index contributed by atoms with van der Waals surface area (Å²) in [5.74, 6) is 1.79. The number of allylic oxidation sites excluding steroid dienone is 5. The van der Waals surface area contributed by atoms with Gasteiger partial charge in [-0.1, -0.05) is 37.3 Å². The first kappa shape index (κ1) is 11.5. The molecule has 1 aliphatic heterocycles. The molecule has 1 unspecified atom stereocenters. The Morgan fingerprint density at radius 1 is 1.56 bits per heavy atom. The van der Waals surface area contributed by atoms with Gasteiger partial charge in [-0.15, -0.1) is 0 Å². The van der Waals surface area contributed by atoms with E-state index in [0.29, 0.717) is 5.92 Å². The zero-order chi connectivity index (χ0) is 12.5. The maximum atomic E-state index is 4.82. The van der Waals surface area contributed by atoms with Crippen LogP contribution in [0.3, 0.4) is 0 Å². The third-order valence-electron chi connectivity index (χ3n) is 4.06. The number of aryl methyl sites for hydroxylation is 1. The smallest absolute Gasteiger partial charge is 0.116 e. The monoisotopic (exact) mass is 240 g/mol.